The van der Waals surface area contributed by atoms with Gasteiger partial charge >= 0.3 is 0 Å². The summed E-state index contributed by atoms with van der Waals surface area (Å²) in [5.41, 5.74) is 1.24. The van der Waals surface area contributed by atoms with Crippen molar-refractivity contribution in [2.75, 3.05) is 39.4 Å². The molecule has 7 nitrogen and oxygen atoms in total. The number of ether oxygens (including phenoxy) is 2. The molecule has 8 heteroatoms. The Morgan fingerprint density at radius 3 is 2.42 bits per heavy atom. The molecule has 0 spiro atoms. The summed E-state index contributed by atoms with van der Waals surface area (Å²) in [6, 6.07) is 23.2. The number of rotatable bonds is 9. The van der Waals surface area contributed by atoms with E-state index in [1.807, 2.05) is 54.6 Å². The second-order valence-electron chi connectivity index (χ2n) is 8.22. The van der Waals surface area contributed by atoms with Crippen molar-refractivity contribution < 1.29 is 19.1 Å². The predicted octanol–water partition coefficient (Wildman–Crippen LogP) is 4.35. The Morgan fingerprint density at radius 2 is 1.67 bits per heavy atom. The van der Waals surface area contributed by atoms with Crippen LogP contribution in [0, 0.1) is 0 Å². The summed E-state index contributed by atoms with van der Waals surface area (Å²) in [4.78, 5) is 28.2. The number of carbonyl (C=O) groups is 2. The minimum atomic E-state index is -0.405. The van der Waals surface area contributed by atoms with Gasteiger partial charge in [-0.3, -0.25) is 14.5 Å². The zero-order valence-electron chi connectivity index (χ0n) is 19.8. The van der Waals surface area contributed by atoms with Crippen molar-refractivity contribution in [1.29, 1.82) is 0 Å². The fraction of sp³-hybridized carbons (Fsp3) is 0.214. The van der Waals surface area contributed by atoms with Crippen LogP contribution in [0.4, 0.5) is 0 Å². The number of nitrogens with zero attached hydrogens (tertiary/aromatic N) is 1. The van der Waals surface area contributed by atoms with Crippen molar-refractivity contribution in [3.8, 4) is 11.5 Å². The predicted molar refractivity (Wildman–Crippen MR) is 140 cm³/mol. The maximum absolute atomic E-state index is 13.1. The van der Waals surface area contributed by atoms with Crippen LogP contribution in [0.15, 0.2) is 84.6 Å². The number of nitrogens with one attached hydrogen (secondary N) is 2. The highest BCUT2D eigenvalue weighted by Gasteiger charge is 2.16. The molecule has 0 aliphatic carbocycles. The van der Waals surface area contributed by atoms with Gasteiger partial charge in [-0.05, 0) is 60.2 Å². The van der Waals surface area contributed by atoms with Gasteiger partial charge in [-0.2, -0.15) is 0 Å². The summed E-state index contributed by atoms with van der Waals surface area (Å²) in [5.74, 6) is 0.541. The zero-order chi connectivity index (χ0) is 25.2. The molecule has 1 aliphatic heterocycles. The third kappa shape index (κ3) is 7.68. The molecule has 1 saturated heterocycles. The van der Waals surface area contributed by atoms with Crippen LogP contribution in [-0.4, -0.2) is 56.1 Å². The average Bonchev–Trinajstić information content (AvgIpc) is 2.90. The number of hydrogen-bond acceptors (Lipinski definition) is 5. The smallest absolute Gasteiger partial charge is 0.267 e. The van der Waals surface area contributed by atoms with Crippen LogP contribution in [-0.2, 0) is 9.53 Å². The average molecular weight is 506 g/mol. The Kier molecular flexibility index (Phi) is 9.10. The quantitative estimate of drug-likeness (QED) is 0.423. The van der Waals surface area contributed by atoms with E-state index in [9.17, 15) is 9.59 Å². The van der Waals surface area contributed by atoms with E-state index >= 15 is 0 Å². The highest BCUT2D eigenvalue weighted by Crippen LogP contribution is 2.23. The summed E-state index contributed by atoms with van der Waals surface area (Å²) >= 11 is 5.94. The van der Waals surface area contributed by atoms with E-state index in [-0.39, 0.29) is 11.6 Å². The molecule has 1 aliphatic rings. The van der Waals surface area contributed by atoms with Crippen molar-refractivity contribution in [1.82, 2.24) is 15.5 Å². The lowest BCUT2D eigenvalue weighted by Gasteiger charge is -2.26. The van der Waals surface area contributed by atoms with Gasteiger partial charge in [0.05, 0.1) is 13.2 Å². The number of carbonyl (C=O) groups excluding carboxylic acids is 2. The van der Waals surface area contributed by atoms with E-state index in [0.717, 1.165) is 13.1 Å². The molecule has 0 radical (unpaired) electrons. The first kappa shape index (κ1) is 25.4. The number of para-hydroxylation sites is 1. The van der Waals surface area contributed by atoms with E-state index in [1.165, 1.54) is 0 Å². The Balaban J connectivity index is 1.50. The van der Waals surface area contributed by atoms with Gasteiger partial charge in [0, 0.05) is 36.8 Å². The van der Waals surface area contributed by atoms with E-state index in [2.05, 4.69) is 15.5 Å². The largest absolute Gasteiger partial charge is 0.457 e. The summed E-state index contributed by atoms with van der Waals surface area (Å²) < 4.78 is 11.3. The Bertz CT molecular complexity index is 1190. The van der Waals surface area contributed by atoms with Crippen molar-refractivity contribution in [2.45, 2.75) is 0 Å². The van der Waals surface area contributed by atoms with Crippen molar-refractivity contribution in [3.63, 3.8) is 0 Å². The summed E-state index contributed by atoms with van der Waals surface area (Å²) in [6.45, 7) is 4.20. The fourth-order valence-corrected chi connectivity index (χ4v) is 3.79. The Morgan fingerprint density at radius 1 is 0.944 bits per heavy atom. The molecule has 3 aromatic rings. The lowest BCUT2D eigenvalue weighted by atomic mass is 10.1. The lowest BCUT2D eigenvalue weighted by molar-refractivity contribution is -0.117. The van der Waals surface area contributed by atoms with Crippen molar-refractivity contribution >= 4 is 29.5 Å². The van der Waals surface area contributed by atoms with Gasteiger partial charge in [0.15, 0.2) is 0 Å². The van der Waals surface area contributed by atoms with Crippen LogP contribution in [0.1, 0.15) is 15.9 Å². The minimum absolute atomic E-state index is 0.133. The number of amides is 2. The number of morpholine rings is 1. The third-order valence-electron chi connectivity index (χ3n) is 5.56. The second kappa shape index (κ2) is 12.9. The molecule has 2 N–H and O–H groups in total. The minimum Gasteiger partial charge on any atom is -0.457 e. The molecule has 1 heterocycles. The maximum Gasteiger partial charge on any atom is 0.267 e. The summed E-state index contributed by atoms with van der Waals surface area (Å²) in [5, 5.41) is 6.19. The number of benzene rings is 3. The van der Waals surface area contributed by atoms with Gasteiger partial charge in [0.25, 0.3) is 11.8 Å². The molecule has 0 unspecified atom stereocenters. The van der Waals surface area contributed by atoms with Gasteiger partial charge in [0.1, 0.15) is 17.2 Å². The molecular weight excluding hydrogens is 478 g/mol. The third-order valence-corrected chi connectivity index (χ3v) is 5.82. The van der Waals surface area contributed by atoms with Crippen LogP contribution >= 0.6 is 11.6 Å². The maximum atomic E-state index is 13.1. The van der Waals surface area contributed by atoms with E-state index in [1.54, 1.807) is 30.3 Å². The fourth-order valence-electron chi connectivity index (χ4n) is 3.66. The first-order valence-corrected chi connectivity index (χ1v) is 12.1. The second-order valence-corrected chi connectivity index (χ2v) is 8.65. The monoisotopic (exact) mass is 505 g/mol. The van der Waals surface area contributed by atoms with Gasteiger partial charge in [-0.15, -0.1) is 0 Å². The molecule has 0 bridgehead atoms. The number of hydrogen-bond donors (Lipinski definition) is 2. The van der Waals surface area contributed by atoms with Crippen LogP contribution < -0.4 is 15.4 Å². The van der Waals surface area contributed by atoms with Gasteiger partial charge in [0.2, 0.25) is 0 Å². The van der Waals surface area contributed by atoms with Crippen LogP contribution in [0.3, 0.4) is 0 Å². The van der Waals surface area contributed by atoms with Gasteiger partial charge in [-0.1, -0.05) is 41.9 Å². The summed E-state index contributed by atoms with van der Waals surface area (Å²) in [7, 11) is 0. The summed E-state index contributed by atoms with van der Waals surface area (Å²) in [6.07, 6.45) is 1.63. The van der Waals surface area contributed by atoms with Crippen LogP contribution in [0.25, 0.3) is 6.08 Å². The van der Waals surface area contributed by atoms with E-state index in [4.69, 9.17) is 21.1 Å². The standard InChI is InChI=1S/C28H28ClN3O4/c29-23-11-9-22(10-12-23)27(33)31-26(28(34)30-13-14-32-15-17-35-18-16-32)20-21-5-4-8-25(19-21)36-24-6-2-1-3-7-24/h1-12,19-20H,13-18H2,(H,30,34)(H,31,33)/b26-20+. The number of halogens is 1. The molecule has 186 valence electrons. The molecular formula is C28H28ClN3O4. The Hall–Kier alpha value is -3.65. The molecule has 0 aromatic heterocycles. The molecule has 0 atom stereocenters. The molecule has 2 amide bonds. The van der Waals surface area contributed by atoms with Crippen LogP contribution in [0.2, 0.25) is 5.02 Å². The van der Waals surface area contributed by atoms with Gasteiger partial charge < -0.3 is 20.1 Å². The molecule has 4 rings (SSSR count). The molecule has 3 aromatic carbocycles. The zero-order valence-corrected chi connectivity index (χ0v) is 20.5. The van der Waals surface area contributed by atoms with Crippen molar-refractivity contribution in [2.24, 2.45) is 0 Å². The molecule has 1 fully saturated rings. The Labute approximate surface area is 215 Å². The highest BCUT2D eigenvalue weighted by molar-refractivity contribution is 6.30. The molecule has 0 saturated carbocycles. The van der Waals surface area contributed by atoms with E-state index in [0.29, 0.717) is 54.0 Å². The van der Waals surface area contributed by atoms with Crippen molar-refractivity contribution in [3.05, 3.63) is 101 Å². The lowest BCUT2D eigenvalue weighted by Crippen LogP contribution is -2.42. The SMILES string of the molecule is O=C(NCCN1CCOCC1)/C(=C\c1cccc(Oc2ccccc2)c1)NC(=O)c1ccc(Cl)cc1. The first-order chi connectivity index (χ1) is 17.6. The van der Waals surface area contributed by atoms with Gasteiger partial charge in [-0.25, -0.2) is 0 Å². The van der Waals surface area contributed by atoms with E-state index < -0.39 is 5.91 Å². The van der Waals surface area contributed by atoms with Crippen LogP contribution in [0.5, 0.6) is 11.5 Å². The highest BCUT2D eigenvalue weighted by atomic mass is 35.5. The topological polar surface area (TPSA) is 79.9 Å². The molecule has 36 heavy (non-hydrogen) atoms. The first-order valence-electron chi connectivity index (χ1n) is 11.8. The normalized spacial score (nSPS) is 14.2.